The minimum absolute atomic E-state index is 0.0179. The number of anilines is 2. The van der Waals surface area contributed by atoms with Crippen LogP contribution in [0.3, 0.4) is 0 Å². The van der Waals surface area contributed by atoms with Gasteiger partial charge in [-0.1, -0.05) is 19.9 Å². The molecule has 0 aliphatic heterocycles. The molecule has 2 rings (SSSR count). The van der Waals surface area contributed by atoms with E-state index in [0.717, 1.165) is 17.0 Å². The highest BCUT2D eigenvalue weighted by atomic mass is 32.2. The lowest BCUT2D eigenvalue weighted by molar-refractivity contribution is -0.116. The number of carbonyl (C=O) groups excluding carboxylic acids is 3. The molecule has 0 radical (unpaired) electrons. The van der Waals surface area contributed by atoms with Crippen molar-refractivity contribution < 1.29 is 19.1 Å². The summed E-state index contributed by atoms with van der Waals surface area (Å²) in [4.78, 5) is 37.2. The molecule has 0 bridgehead atoms. The lowest BCUT2D eigenvalue weighted by atomic mass is 10.2. The summed E-state index contributed by atoms with van der Waals surface area (Å²) in [6.07, 6.45) is 1.91. The Kier molecular flexibility index (Phi) is 9.41. The molecule has 7 heteroatoms. The number of benzene rings is 2. The van der Waals surface area contributed by atoms with E-state index < -0.39 is 0 Å². The van der Waals surface area contributed by atoms with E-state index >= 15 is 0 Å². The second kappa shape index (κ2) is 12.0. The van der Waals surface area contributed by atoms with Crippen LogP contribution in [0, 0.1) is 0 Å². The average Bonchev–Trinajstić information content (AvgIpc) is 2.73. The summed E-state index contributed by atoms with van der Waals surface area (Å²) in [6, 6.07) is 14.1. The van der Waals surface area contributed by atoms with Crippen LogP contribution >= 0.6 is 11.8 Å². The fourth-order valence-corrected chi connectivity index (χ4v) is 3.72. The van der Waals surface area contributed by atoms with E-state index in [9.17, 15) is 14.4 Å². The third-order valence-electron chi connectivity index (χ3n) is 4.20. The molecular weight excluding hydrogens is 400 g/mol. The number of ether oxygens (including phenoxy) is 1. The quantitative estimate of drug-likeness (QED) is 0.406. The molecule has 0 heterocycles. The molecule has 1 atom stereocenters. The summed E-state index contributed by atoms with van der Waals surface area (Å²) in [7, 11) is 0. The molecule has 6 nitrogen and oxygen atoms in total. The van der Waals surface area contributed by atoms with Crippen molar-refractivity contribution in [3.05, 3.63) is 54.1 Å². The van der Waals surface area contributed by atoms with E-state index in [0.29, 0.717) is 30.7 Å². The number of esters is 1. The van der Waals surface area contributed by atoms with Gasteiger partial charge in [-0.2, -0.15) is 0 Å². The Hall–Kier alpha value is -2.80. The number of rotatable bonds is 10. The van der Waals surface area contributed by atoms with Crippen molar-refractivity contribution >= 4 is 40.9 Å². The third-order valence-corrected chi connectivity index (χ3v) is 5.56. The molecule has 30 heavy (non-hydrogen) atoms. The topological polar surface area (TPSA) is 84.5 Å². The van der Waals surface area contributed by atoms with Gasteiger partial charge in [0.05, 0.1) is 17.4 Å². The van der Waals surface area contributed by atoms with E-state index in [1.807, 2.05) is 38.1 Å². The number of nitrogens with one attached hydrogen (secondary N) is 2. The van der Waals surface area contributed by atoms with Gasteiger partial charge in [0.1, 0.15) is 0 Å². The summed E-state index contributed by atoms with van der Waals surface area (Å²) in [5, 5.41) is 5.47. The monoisotopic (exact) mass is 428 g/mol. The number of thioether (sulfide) groups is 1. The Morgan fingerprint density at radius 2 is 1.70 bits per heavy atom. The summed E-state index contributed by atoms with van der Waals surface area (Å²) < 4.78 is 4.96. The maximum absolute atomic E-state index is 12.7. The molecule has 2 amide bonds. The molecule has 0 aromatic heterocycles. The van der Waals surface area contributed by atoms with E-state index in [1.54, 1.807) is 31.2 Å². The number of hydrogen-bond acceptors (Lipinski definition) is 5. The van der Waals surface area contributed by atoms with Gasteiger partial charge in [0.2, 0.25) is 11.8 Å². The normalized spacial score (nSPS) is 11.4. The van der Waals surface area contributed by atoms with Crippen molar-refractivity contribution in [2.24, 2.45) is 0 Å². The van der Waals surface area contributed by atoms with Gasteiger partial charge in [-0.15, -0.1) is 11.8 Å². The van der Waals surface area contributed by atoms with Gasteiger partial charge in [-0.3, -0.25) is 9.59 Å². The Balaban J connectivity index is 1.99. The van der Waals surface area contributed by atoms with Gasteiger partial charge < -0.3 is 15.4 Å². The summed E-state index contributed by atoms with van der Waals surface area (Å²) in [5.74, 6) is -0.522. The van der Waals surface area contributed by atoms with Gasteiger partial charge in [0.25, 0.3) is 0 Å². The zero-order valence-electron chi connectivity index (χ0n) is 17.6. The molecule has 1 unspecified atom stereocenters. The van der Waals surface area contributed by atoms with Crippen LogP contribution in [0.15, 0.2) is 53.4 Å². The van der Waals surface area contributed by atoms with E-state index in [2.05, 4.69) is 10.6 Å². The molecule has 0 aliphatic carbocycles. The zero-order valence-corrected chi connectivity index (χ0v) is 18.4. The van der Waals surface area contributed by atoms with Gasteiger partial charge >= 0.3 is 5.97 Å². The molecule has 2 aromatic rings. The second-order valence-corrected chi connectivity index (χ2v) is 7.90. The molecule has 0 saturated heterocycles. The number of amides is 2. The van der Waals surface area contributed by atoms with Crippen LogP contribution in [0.5, 0.6) is 0 Å². The largest absolute Gasteiger partial charge is 0.462 e. The first kappa shape index (κ1) is 23.5. The second-order valence-electron chi connectivity index (χ2n) is 6.63. The van der Waals surface area contributed by atoms with Gasteiger partial charge in [0.15, 0.2) is 0 Å². The summed E-state index contributed by atoms with van der Waals surface area (Å²) in [6.45, 7) is 5.98. The highest BCUT2D eigenvalue weighted by Crippen LogP contribution is 2.28. The first-order valence-electron chi connectivity index (χ1n) is 10.1. The number of carbonyl (C=O) groups is 3. The minimum Gasteiger partial charge on any atom is -0.462 e. The van der Waals surface area contributed by atoms with Gasteiger partial charge in [0, 0.05) is 22.7 Å². The zero-order chi connectivity index (χ0) is 21.9. The van der Waals surface area contributed by atoms with Gasteiger partial charge in [-0.25, -0.2) is 4.79 Å². The highest BCUT2D eigenvalue weighted by molar-refractivity contribution is 8.00. The highest BCUT2D eigenvalue weighted by Gasteiger charge is 2.18. The maximum Gasteiger partial charge on any atom is 0.338 e. The third kappa shape index (κ3) is 7.22. The van der Waals surface area contributed by atoms with E-state index in [1.165, 1.54) is 11.8 Å². The van der Waals surface area contributed by atoms with Crippen molar-refractivity contribution in [2.45, 2.75) is 50.2 Å². The fourth-order valence-electron chi connectivity index (χ4n) is 2.71. The van der Waals surface area contributed by atoms with Crippen LogP contribution in [-0.2, 0) is 14.3 Å². The molecule has 0 fully saturated rings. The lowest BCUT2D eigenvalue weighted by Crippen LogP contribution is -2.24. The van der Waals surface area contributed by atoms with Gasteiger partial charge in [-0.05, 0) is 62.2 Å². The van der Waals surface area contributed by atoms with Crippen molar-refractivity contribution in [2.75, 3.05) is 17.2 Å². The Bertz CT molecular complexity index is 868. The molecular formula is C23H28N2O4S. The smallest absolute Gasteiger partial charge is 0.338 e. The molecule has 2 aromatic carbocycles. The first-order valence-corrected chi connectivity index (χ1v) is 11.0. The van der Waals surface area contributed by atoms with Crippen LogP contribution in [0.4, 0.5) is 11.4 Å². The summed E-state index contributed by atoms with van der Waals surface area (Å²) in [5.41, 5.74) is 1.79. The fraction of sp³-hybridized carbons (Fsp3) is 0.348. The molecule has 0 spiro atoms. The SMILES string of the molecule is CCCC(=O)Nc1cccc(SC(CC)C(=O)Nc2ccc(C(=O)OCC)cc2)c1. The van der Waals surface area contributed by atoms with Crippen molar-refractivity contribution in [3.8, 4) is 0 Å². The maximum atomic E-state index is 12.7. The molecule has 0 saturated carbocycles. The molecule has 2 N–H and O–H groups in total. The Morgan fingerprint density at radius 1 is 0.967 bits per heavy atom. The average molecular weight is 429 g/mol. The molecule has 0 aliphatic rings. The minimum atomic E-state index is -0.386. The van der Waals surface area contributed by atoms with Crippen LogP contribution in [-0.4, -0.2) is 29.6 Å². The Morgan fingerprint density at radius 3 is 2.33 bits per heavy atom. The molecule has 160 valence electrons. The first-order chi connectivity index (χ1) is 14.5. The number of hydrogen-bond donors (Lipinski definition) is 2. The Labute approximate surface area is 181 Å². The van der Waals surface area contributed by atoms with E-state index in [-0.39, 0.29) is 23.0 Å². The predicted molar refractivity (Wildman–Crippen MR) is 121 cm³/mol. The van der Waals surface area contributed by atoms with Crippen LogP contribution < -0.4 is 10.6 Å². The summed E-state index contributed by atoms with van der Waals surface area (Å²) >= 11 is 1.45. The van der Waals surface area contributed by atoms with Crippen LogP contribution in [0.2, 0.25) is 0 Å². The lowest BCUT2D eigenvalue weighted by Gasteiger charge is -2.15. The van der Waals surface area contributed by atoms with Crippen LogP contribution in [0.25, 0.3) is 0 Å². The standard InChI is InChI=1S/C23H28N2O4S/c1-4-8-21(26)24-18-9-7-10-19(15-18)30-20(5-2)22(27)25-17-13-11-16(12-14-17)23(28)29-6-3/h7,9-15,20H,4-6,8H2,1-3H3,(H,24,26)(H,25,27). The van der Waals surface area contributed by atoms with E-state index in [4.69, 9.17) is 4.74 Å². The predicted octanol–water partition coefficient (Wildman–Crippen LogP) is 5.11. The van der Waals surface area contributed by atoms with Crippen molar-refractivity contribution in [1.82, 2.24) is 0 Å². The van der Waals surface area contributed by atoms with Crippen molar-refractivity contribution in [1.29, 1.82) is 0 Å². The van der Waals surface area contributed by atoms with Crippen molar-refractivity contribution in [3.63, 3.8) is 0 Å². The van der Waals surface area contributed by atoms with Crippen LogP contribution in [0.1, 0.15) is 50.4 Å².